The van der Waals surface area contributed by atoms with Crippen LogP contribution in [-0.4, -0.2) is 54.5 Å². The second kappa shape index (κ2) is 12.1. The average molecular weight is 467 g/mol. The first kappa shape index (κ1) is 25.1. The molecule has 1 aliphatic rings. The zero-order valence-electron chi connectivity index (χ0n) is 20.1. The fourth-order valence-corrected chi connectivity index (χ4v) is 4.05. The van der Waals surface area contributed by atoms with E-state index in [1.54, 1.807) is 4.90 Å². The molecule has 2 aromatic carbocycles. The van der Waals surface area contributed by atoms with E-state index in [1.807, 2.05) is 62.4 Å². The first-order valence-corrected chi connectivity index (χ1v) is 11.8. The minimum Gasteiger partial charge on any atom is -0.494 e. The van der Waals surface area contributed by atoms with E-state index in [9.17, 15) is 14.4 Å². The predicted molar refractivity (Wildman–Crippen MR) is 132 cm³/mol. The lowest BCUT2D eigenvalue weighted by Crippen LogP contribution is -2.53. The van der Waals surface area contributed by atoms with Gasteiger partial charge in [-0.2, -0.15) is 0 Å². The summed E-state index contributed by atoms with van der Waals surface area (Å²) in [6.45, 7) is 7.00. The third-order valence-corrected chi connectivity index (χ3v) is 5.92. The Morgan fingerprint density at radius 2 is 1.74 bits per heavy atom. The number of ether oxygens (including phenoxy) is 1. The number of piperidine rings is 1. The quantitative estimate of drug-likeness (QED) is 0.556. The largest absolute Gasteiger partial charge is 0.494 e. The summed E-state index contributed by atoms with van der Waals surface area (Å²) < 4.78 is 5.42. The molecule has 0 spiro atoms. The van der Waals surface area contributed by atoms with Gasteiger partial charge >= 0.3 is 6.03 Å². The minimum atomic E-state index is -0.639. The van der Waals surface area contributed by atoms with E-state index in [0.717, 1.165) is 16.9 Å². The lowest BCUT2D eigenvalue weighted by Gasteiger charge is -2.33. The third-order valence-electron chi connectivity index (χ3n) is 5.92. The molecule has 2 aromatic rings. The molecule has 0 bridgehead atoms. The van der Waals surface area contributed by atoms with Crippen LogP contribution < -0.4 is 20.7 Å². The maximum Gasteiger partial charge on any atom is 0.321 e. The molecule has 3 rings (SSSR count). The van der Waals surface area contributed by atoms with Gasteiger partial charge in [0, 0.05) is 38.2 Å². The van der Waals surface area contributed by atoms with Gasteiger partial charge in [0.05, 0.1) is 6.61 Å². The number of amides is 4. The van der Waals surface area contributed by atoms with Crippen molar-refractivity contribution in [3.8, 4) is 5.75 Å². The molecule has 8 heteroatoms. The van der Waals surface area contributed by atoms with Gasteiger partial charge in [0.1, 0.15) is 11.8 Å². The maximum absolute atomic E-state index is 13.0. The van der Waals surface area contributed by atoms with Crippen molar-refractivity contribution in [3.63, 3.8) is 0 Å². The maximum atomic E-state index is 13.0. The van der Waals surface area contributed by atoms with Crippen molar-refractivity contribution in [3.05, 3.63) is 59.7 Å². The molecule has 0 aromatic heterocycles. The number of hydrogen-bond donors (Lipinski definition) is 3. The Morgan fingerprint density at radius 3 is 2.35 bits per heavy atom. The number of nitrogens with one attached hydrogen (secondary N) is 3. The van der Waals surface area contributed by atoms with Crippen molar-refractivity contribution in [1.82, 2.24) is 15.5 Å². The highest BCUT2D eigenvalue weighted by atomic mass is 16.5. The van der Waals surface area contributed by atoms with Gasteiger partial charge in [-0.25, -0.2) is 4.79 Å². The lowest BCUT2D eigenvalue weighted by atomic mass is 9.99. The number of rotatable bonds is 8. The van der Waals surface area contributed by atoms with Gasteiger partial charge in [-0.1, -0.05) is 24.3 Å². The van der Waals surface area contributed by atoms with Gasteiger partial charge in [-0.3, -0.25) is 9.59 Å². The molecular formula is C26H34N4O4. The molecule has 4 amide bonds. The predicted octanol–water partition coefficient (Wildman–Crippen LogP) is 3.25. The summed E-state index contributed by atoms with van der Waals surface area (Å²) in [5, 5.41) is 8.75. The van der Waals surface area contributed by atoms with Crippen LogP contribution >= 0.6 is 0 Å². The number of aryl methyl sites for hydroxylation is 1. The minimum absolute atomic E-state index is 0.0462. The van der Waals surface area contributed by atoms with E-state index in [2.05, 4.69) is 16.0 Å². The zero-order chi connectivity index (χ0) is 24.5. The molecule has 1 aliphatic heterocycles. The number of carbonyl (C=O) groups is 3. The number of likely N-dealkylation sites (tertiary alicyclic amines) is 1. The van der Waals surface area contributed by atoms with Crippen molar-refractivity contribution >= 4 is 23.5 Å². The molecule has 34 heavy (non-hydrogen) atoms. The summed E-state index contributed by atoms with van der Waals surface area (Å²) in [7, 11) is 0. The molecule has 0 radical (unpaired) electrons. The third kappa shape index (κ3) is 7.23. The summed E-state index contributed by atoms with van der Waals surface area (Å²) in [5.74, 6) is 0.322. The van der Waals surface area contributed by atoms with Crippen LogP contribution in [0.3, 0.4) is 0 Å². The van der Waals surface area contributed by atoms with Crippen LogP contribution in [0.5, 0.6) is 5.75 Å². The van der Waals surface area contributed by atoms with E-state index in [-0.39, 0.29) is 23.9 Å². The Balaban J connectivity index is 1.50. The number of hydrogen-bond acceptors (Lipinski definition) is 4. The first-order chi connectivity index (χ1) is 16.4. The standard InChI is InChI=1S/C26H34N4O4/c1-4-34-23-11-9-21(10-12-23)29-26(33)30-15-13-22(14-16-30)28-25(32)24(27-19(3)31)17-20-8-6-5-7-18(20)2/h5-12,22,24H,4,13-17H2,1-3H3,(H,27,31)(H,28,32)(H,29,33). The van der Waals surface area contributed by atoms with Gasteiger partial charge in [0.15, 0.2) is 0 Å². The summed E-state index contributed by atoms with van der Waals surface area (Å²) in [5.41, 5.74) is 2.81. The van der Waals surface area contributed by atoms with Crippen LogP contribution in [0, 0.1) is 6.92 Å². The lowest BCUT2D eigenvalue weighted by molar-refractivity contribution is -0.128. The monoisotopic (exact) mass is 466 g/mol. The van der Waals surface area contributed by atoms with Crippen LogP contribution in [0.2, 0.25) is 0 Å². The van der Waals surface area contributed by atoms with Crippen molar-refractivity contribution in [2.24, 2.45) is 0 Å². The van der Waals surface area contributed by atoms with Crippen molar-refractivity contribution in [2.75, 3.05) is 25.0 Å². The van der Waals surface area contributed by atoms with Gasteiger partial charge in [0.2, 0.25) is 11.8 Å². The summed E-state index contributed by atoms with van der Waals surface area (Å²) in [4.78, 5) is 39.0. The fourth-order valence-electron chi connectivity index (χ4n) is 4.05. The smallest absolute Gasteiger partial charge is 0.321 e. The molecule has 182 valence electrons. The highest BCUT2D eigenvalue weighted by molar-refractivity contribution is 5.89. The van der Waals surface area contributed by atoms with Crippen LogP contribution in [0.1, 0.15) is 37.8 Å². The van der Waals surface area contributed by atoms with E-state index in [4.69, 9.17) is 4.74 Å². The molecule has 1 unspecified atom stereocenters. The molecule has 1 atom stereocenters. The fraction of sp³-hybridized carbons (Fsp3) is 0.423. The molecule has 8 nitrogen and oxygen atoms in total. The topological polar surface area (TPSA) is 99.8 Å². The number of benzene rings is 2. The summed E-state index contributed by atoms with van der Waals surface area (Å²) in [6, 6.07) is 14.3. The SMILES string of the molecule is CCOc1ccc(NC(=O)N2CCC(NC(=O)C(Cc3ccccc3C)NC(C)=O)CC2)cc1. The first-order valence-electron chi connectivity index (χ1n) is 11.8. The molecule has 1 heterocycles. The van der Waals surface area contributed by atoms with Crippen molar-refractivity contribution in [1.29, 1.82) is 0 Å². The number of anilines is 1. The van der Waals surface area contributed by atoms with Gasteiger partial charge < -0.3 is 25.6 Å². The van der Waals surface area contributed by atoms with E-state index < -0.39 is 6.04 Å². The van der Waals surface area contributed by atoms with Crippen LogP contribution in [0.4, 0.5) is 10.5 Å². The summed E-state index contributed by atoms with van der Waals surface area (Å²) >= 11 is 0. The molecule has 1 saturated heterocycles. The molecule has 1 fully saturated rings. The average Bonchev–Trinajstić information content (AvgIpc) is 2.81. The van der Waals surface area contributed by atoms with Gasteiger partial charge in [-0.15, -0.1) is 0 Å². The molecule has 0 aliphatic carbocycles. The molecule has 3 N–H and O–H groups in total. The van der Waals surface area contributed by atoms with Gasteiger partial charge in [-0.05, 0) is 62.1 Å². The Bertz CT molecular complexity index is 985. The van der Waals surface area contributed by atoms with Crippen LogP contribution in [0.25, 0.3) is 0 Å². The van der Waals surface area contributed by atoms with Crippen molar-refractivity contribution in [2.45, 2.75) is 52.1 Å². The van der Waals surface area contributed by atoms with Gasteiger partial charge in [0.25, 0.3) is 0 Å². The molecular weight excluding hydrogens is 432 g/mol. The van der Waals surface area contributed by atoms with E-state index in [1.165, 1.54) is 6.92 Å². The van der Waals surface area contributed by atoms with Crippen LogP contribution in [-0.2, 0) is 16.0 Å². The number of urea groups is 1. The second-order valence-corrected chi connectivity index (χ2v) is 8.54. The Hall–Kier alpha value is -3.55. The molecule has 0 saturated carbocycles. The summed E-state index contributed by atoms with van der Waals surface area (Å²) in [6.07, 6.45) is 1.74. The van der Waals surface area contributed by atoms with Crippen molar-refractivity contribution < 1.29 is 19.1 Å². The Kier molecular flexibility index (Phi) is 8.90. The van der Waals surface area contributed by atoms with Crippen LogP contribution in [0.15, 0.2) is 48.5 Å². The Morgan fingerprint density at radius 1 is 1.06 bits per heavy atom. The highest BCUT2D eigenvalue weighted by Crippen LogP contribution is 2.18. The second-order valence-electron chi connectivity index (χ2n) is 8.54. The normalized spacial score (nSPS) is 14.7. The van der Waals surface area contributed by atoms with E-state index >= 15 is 0 Å². The Labute approximate surface area is 201 Å². The number of nitrogens with zero attached hydrogens (tertiary/aromatic N) is 1. The highest BCUT2D eigenvalue weighted by Gasteiger charge is 2.27. The zero-order valence-corrected chi connectivity index (χ0v) is 20.1. The number of carbonyl (C=O) groups excluding carboxylic acids is 3. The van der Waals surface area contributed by atoms with E-state index in [0.29, 0.717) is 44.6 Å².